The lowest BCUT2D eigenvalue weighted by Crippen LogP contribution is -2.15. The first kappa shape index (κ1) is 19.9. The predicted molar refractivity (Wildman–Crippen MR) is 99.9 cm³/mol. The summed E-state index contributed by atoms with van der Waals surface area (Å²) >= 11 is 0.969. The van der Waals surface area contributed by atoms with E-state index in [9.17, 15) is 13.2 Å². The number of anilines is 2. The van der Waals surface area contributed by atoms with E-state index in [2.05, 4.69) is 14.8 Å². The number of benzene rings is 1. The third-order valence-corrected chi connectivity index (χ3v) is 5.56. The normalized spacial score (nSPS) is 10.9. The minimum atomic E-state index is -3.99. The van der Waals surface area contributed by atoms with Gasteiger partial charge in [-0.1, -0.05) is 6.92 Å². The van der Waals surface area contributed by atoms with E-state index in [0.29, 0.717) is 5.75 Å². The molecule has 2 N–H and O–H groups in total. The maximum atomic E-state index is 12.7. The number of hydrogen-bond acceptors (Lipinski definition) is 8. The Balaban J connectivity index is 2.27. The molecular formula is C16H20N2O6S2. The highest BCUT2D eigenvalue weighted by Gasteiger charge is 2.24. The molecule has 0 aliphatic rings. The lowest BCUT2D eigenvalue weighted by Gasteiger charge is -2.14. The van der Waals surface area contributed by atoms with Gasteiger partial charge in [0.25, 0.3) is 10.0 Å². The zero-order valence-electron chi connectivity index (χ0n) is 14.6. The van der Waals surface area contributed by atoms with Crippen LogP contribution in [0, 0.1) is 0 Å². The summed E-state index contributed by atoms with van der Waals surface area (Å²) in [4.78, 5) is 11.1. The van der Waals surface area contributed by atoms with Crippen LogP contribution in [0.2, 0.25) is 0 Å². The zero-order valence-corrected chi connectivity index (χ0v) is 16.2. The second kappa shape index (κ2) is 8.77. The van der Waals surface area contributed by atoms with Gasteiger partial charge >= 0.3 is 6.16 Å². The number of nitrogens with one attached hydrogen (secondary N) is 2. The highest BCUT2D eigenvalue weighted by Crippen LogP contribution is 2.34. The lowest BCUT2D eigenvalue weighted by atomic mass is 10.2. The monoisotopic (exact) mass is 400 g/mol. The molecule has 0 spiro atoms. The molecule has 8 nitrogen and oxygen atoms in total. The molecule has 0 aliphatic heterocycles. The Bertz CT molecular complexity index is 863. The Labute approximate surface area is 156 Å². The van der Waals surface area contributed by atoms with Crippen LogP contribution >= 0.6 is 11.3 Å². The summed E-state index contributed by atoms with van der Waals surface area (Å²) in [6.07, 6.45) is -0.0366. The van der Waals surface area contributed by atoms with Crippen LogP contribution in [0.15, 0.2) is 34.5 Å². The first-order chi connectivity index (χ1) is 12.4. The standard InChI is InChI=1S/C16H20N2O6S2/c1-4-8-17-11-5-6-12(13(10-11)22-2)18-26(20,21)14-7-9-25-15(14)24-16(19)23-3/h5-7,9-10,17-18H,4,8H2,1-3H3. The summed E-state index contributed by atoms with van der Waals surface area (Å²) in [6.45, 7) is 2.83. The second-order valence-corrected chi connectivity index (χ2v) is 7.61. The summed E-state index contributed by atoms with van der Waals surface area (Å²) < 4.78 is 42.3. The Morgan fingerprint density at radius 1 is 1.23 bits per heavy atom. The Kier molecular flexibility index (Phi) is 6.70. The van der Waals surface area contributed by atoms with Gasteiger partial charge < -0.3 is 19.5 Å². The number of carbonyl (C=O) groups excluding carboxylic acids is 1. The summed E-state index contributed by atoms with van der Waals surface area (Å²) in [5, 5.41) is 4.62. The molecule has 10 heteroatoms. The minimum absolute atomic E-state index is 0.0791. The van der Waals surface area contributed by atoms with E-state index >= 15 is 0 Å². The molecule has 0 unspecified atom stereocenters. The van der Waals surface area contributed by atoms with Crippen molar-refractivity contribution in [1.82, 2.24) is 0 Å². The maximum absolute atomic E-state index is 12.7. The highest BCUT2D eigenvalue weighted by atomic mass is 32.2. The van der Waals surface area contributed by atoms with Crippen molar-refractivity contribution >= 4 is 38.9 Å². The smallest absolute Gasteiger partial charge is 0.494 e. The maximum Gasteiger partial charge on any atom is 0.514 e. The topological polar surface area (TPSA) is 103 Å². The molecule has 0 amide bonds. The van der Waals surface area contributed by atoms with E-state index < -0.39 is 16.2 Å². The van der Waals surface area contributed by atoms with Gasteiger partial charge in [-0.25, -0.2) is 13.2 Å². The molecule has 142 valence electrons. The van der Waals surface area contributed by atoms with Crippen LogP contribution < -0.4 is 19.5 Å². The number of rotatable bonds is 8. The van der Waals surface area contributed by atoms with Crippen LogP contribution in [0.5, 0.6) is 10.8 Å². The van der Waals surface area contributed by atoms with Crippen molar-refractivity contribution in [1.29, 1.82) is 0 Å². The second-order valence-electron chi connectivity index (χ2n) is 5.08. The van der Waals surface area contributed by atoms with E-state index in [-0.39, 0.29) is 15.6 Å². The van der Waals surface area contributed by atoms with E-state index in [4.69, 9.17) is 9.47 Å². The van der Waals surface area contributed by atoms with E-state index in [1.54, 1.807) is 18.2 Å². The Morgan fingerprint density at radius 3 is 2.65 bits per heavy atom. The van der Waals surface area contributed by atoms with E-state index in [1.807, 2.05) is 6.92 Å². The summed E-state index contributed by atoms with van der Waals surface area (Å²) in [7, 11) is -1.40. The number of carbonyl (C=O) groups is 1. The highest BCUT2D eigenvalue weighted by molar-refractivity contribution is 7.93. The van der Waals surface area contributed by atoms with Gasteiger partial charge in [-0.3, -0.25) is 4.72 Å². The summed E-state index contributed by atoms with van der Waals surface area (Å²) in [6, 6.07) is 6.39. The number of ether oxygens (including phenoxy) is 3. The van der Waals surface area contributed by atoms with E-state index in [1.165, 1.54) is 18.6 Å². The molecule has 0 saturated carbocycles. The molecule has 2 rings (SSSR count). The Morgan fingerprint density at radius 2 is 2.00 bits per heavy atom. The third kappa shape index (κ3) is 4.79. The largest absolute Gasteiger partial charge is 0.514 e. The van der Waals surface area contributed by atoms with Crippen LogP contribution in [0.3, 0.4) is 0 Å². The molecule has 0 radical (unpaired) electrons. The first-order valence-corrected chi connectivity index (χ1v) is 10.1. The van der Waals surface area contributed by atoms with Gasteiger partial charge in [0.15, 0.2) is 0 Å². The van der Waals surface area contributed by atoms with Crippen LogP contribution in [0.1, 0.15) is 13.3 Å². The van der Waals surface area contributed by atoms with Crippen LogP contribution in [-0.2, 0) is 14.8 Å². The molecule has 0 aliphatic carbocycles. The van der Waals surface area contributed by atoms with Gasteiger partial charge in [0.2, 0.25) is 5.06 Å². The fraction of sp³-hybridized carbons (Fsp3) is 0.312. The van der Waals surface area contributed by atoms with Gasteiger partial charge in [-0.2, -0.15) is 0 Å². The quantitative estimate of drug-likeness (QED) is 0.654. The molecule has 1 aromatic heterocycles. The first-order valence-electron chi connectivity index (χ1n) is 7.69. The number of methoxy groups -OCH3 is 2. The average Bonchev–Trinajstić information content (AvgIpc) is 3.09. The van der Waals surface area contributed by atoms with Crippen molar-refractivity contribution in [3.8, 4) is 10.8 Å². The van der Waals surface area contributed by atoms with Crippen LogP contribution in [-0.4, -0.2) is 35.3 Å². The van der Waals surface area contributed by atoms with Crippen molar-refractivity contribution in [2.24, 2.45) is 0 Å². The molecular weight excluding hydrogens is 380 g/mol. The molecule has 0 atom stereocenters. The predicted octanol–water partition coefficient (Wildman–Crippen LogP) is 3.52. The molecule has 1 heterocycles. The van der Waals surface area contributed by atoms with Gasteiger partial charge in [0.1, 0.15) is 10.6 Å². The van der Waals surface area contributed by atoms with Gasteiger partial charge in [-0.05, 0) is 30.0 Å². The summed E-state index contributed by atoms with van der Waals surface area (Å²) in [5.41, 5.74) is 1.08. The zero-order chi connectivity index (χ0) is 19.2. The molecule has 2 aromatic rings. The average molecular weight is 400 g/mol. The minimum Gasteiger partial charge on any atom is -0.494 e. The molecule has 1 aromatic carbocycles. The number of thiophene rings is 1. The summed E-state index contributed by atoms with van der Waals surface area (Å²) in [5.74, 6) is 0.361. The Hall–Kier alpha value is -2.46. The van der Waals surface area contributed by atoms with Crippen molar-refractivity contribution in [3.05, 3.63) is 29.6 Å². The molecule has 0 fully saturated rings. The molecule has 26 heavy (non-hydrogen) atoms. The number of hydrogen-bond donors (Lipinski definition) is 2. The van der Waals surface area contributed by atoms with Crippen LogP contribution in [0.4, 0.5) is 16.2 Å². The SMILES string of the molecule is CCCNc1ccc(NS(=O)(=O)c2ccsc2OC(=O)OC)c(OC)c1. The molecule has 0 bridgehead atoms. The fourth-order valence-corrected chi connectivity index (χ4v) is 4.29. The van der Waals surface area contributed by atoms with Gasteiger partial charge in [-0.15, -0.1) is 11.3 Å². The fourth-order valence-electron chi connectivity index (χ4n) is 2.03. The van der Waals surface area contributed by atoms with Crippen molar-refractivity contribution in [3.63, 3.8) is 0 Å². The van der Waals surface area contributed by atoms with Crippen molar-refractivity contribution in [2.45, 2.75) is 18.2 Å². The third-order valence-electron chi connectivity index (χ3n) is 3.25. The number of sulfonamides is 1. The van der Waals surface area contributed by atoms with Crippen molar-refractivity contribution < 1.29 is 27.4 Å². The lowest BCUT2D eigenvalue weighted by molar-refractivity contribution is 0.122. The van der Waals surface area contributed by atoms with Crippen LogP contribution in [0.25, 0.3) is 0 Å². The van der Waals surface area contributed by atoms with E-state index in [0.717, 1.165) is 37.1 Å². The molecule has 0 saturated heterocycles. The van der Waals surface area contributed by atoms with Gasteiger partial charge in [0, 0.05) is 18.3 Å². The van der Waals surface area contributed by atoms with Crippen molar-refractivity contribution in [2.75, 3.05) is 30.8 Å². The van der Waals surface area contributed by atoms with Gasteiger partial charge in [0.05, 0.1) is 19.9 Å².